The number of aliphatic imine (C=N–C) groups is 1. The molecule has 4 nitrogen and oxygen atoms in total. The van der Waals surface area contributed by atoms with Gasteiger partial charge in [-0.3, -0.25) is 4.99 Å². The summed E-state index contributed by atoms with van der Waals surface area (Å²) >= 11 is 3.42. The molecule has 0 spiro atoms. The average Bonchev–Trinajstić information content (AvgIpc) is 2.68. The molecule has 2 N–H and O–H groups in total. The summed E-state index contributed by atoms with van der Waals surface area (Å²) in [5.74, 6) is 0.311. The van der Waals surface area contributed by atoms with E-state index in [-0.39, 0.29) is 11.9 Å². The zero-order chi connectivity index (χ0) is 14.0. The Morgan fingerprint density at radius 2 is 2.26 bits per heavy atom. The standard InChI is InChI=1S/C13H18BrFN4/c1-18(2)5-6-19-12(8-17-13(19)16)10-4-3-9(15)7-11(10)14/h3-4,7,12H,5-6,8H2,1-2H3,(H2,16,17). The molecule has 1 aliphatic rings. The third-order valence-electron chi connectivity index (χ3n) is 3.21. The molecule has 1 aromatic carbocycles. The van der Waals surface area contributed by atoms with Crippen LogP contribution in [0, 0.1) is 5.82 Å². The van der Waals surface area contributed by atoms with Gasteiger partial charge in [0.15, 0.2) is 5.96 Å². The third-order valence-corrected chi connectivity index (χ3v) is 3.89. The van der Waals surface area contributed by atoms with Crippen LogP contribution in [-0.4, -0.2) is 49.5 Å². The molecule has 0 aliphatic carbocycles. The highest BCUT2D eigenvalue weighted by atomic mass is 79.9. The third kappa shape index (κ3) is 3.25. The molecule has 1 unspecified atom stereocenters. The van der Waals surface area contributed by atoms with E-state index in [1.54, 1.807) is 6.07 Å². The van der Waals surface area contributed by atoms with Gasteiger partial charge in [0.05, 0.1) is 12.6 Å². The lowest BCUT2D eigenvalue weighted by atomic mass is 10.1. The lowest BCUT2D eigenvalue weighted by molar-refractivity contribution is 0.292. The Morgan fingerprint density at radius 1 is 1.53 bits per heavy atom. The van der Waals surface area contributed by atoms with Crippen molar-refractivity contribution in [2.24, 2.45) is 10.7 Å². The Kier molecular flexibility index (Phi) is 4.42. The van der Waals surface area contributed by atoms with Gasteiger partial charge in [-0.25, -0.2) is 4.39 Å². The number of rotatable bonds is 4. The summed E-state index contributed by atoms with van der Waals surface area (Å²) in [5, 5.41) is 0. The summed E-state index contributed by atoms with van der Waals surface area (Å²) < 4.78 is 13.9. The first-order valence-electron chi connectivity index (χ1n) is 6.15. The van der Waals surface area contributed by atoms with E-state index in [0.717, 1.165) is 23.1 Å². The molecule has 0 amide bonds. The summed E-state index contributed by atoms with van der Waals surface area (Å²) in [6, 6.07) is 4.82. The van der Waals surface area contributed by atoms with Gasteiger partial charge in [0.1, 0.15) is 5.82 Å². The molecule has 0 aromatic heterocycles. The highest BCUT2D eigenvalue weighted by Gasteiger charge is 2.28. The Hall–Kier alpha value is -1.14. The fraction of sp³-hybridized carbons (Fsp3) is 0.462. The zero-order valence-corrected chi connectivity index (χ0v) is 12.7. The predicted octanol–water partition coefficient (Wildman–Crippen LogP) is 1.82. The molecule has 0 saturated carbocycles. The van der Waals surface area contributed by atoms with Gasteiger partial charge in [-0.05, 0) is 31.8 Å². The van der Waals surface area contributed by atoms with Gasteiger partial charge in [-0.1, -0.05) is 22.0 Å². The van der Waals surface area contributed by atoms with Crippen LogP contribution < -0.4 is 5.73 Å². The van der Waals surface area contributed by atoms with Crippen molar-refractivity contribution in [1.82, 2.24) is 9.80 Å². The van der Waals surface area contributed by atoms with Crippen LogP contribution in [0.3, 0.4) is 0 Å². The summed E-state index contributed by atoms with van der Waals surface area (Å²) in [7, 11) is 4.04. The van der Waals surface area contributed by atoms with Crippen LogP contribution in [-0.2, 0) is 0 Å². The molecule has 2 rings (SSSR count). The van der Waals surface area contributed by atoms with Crippen LogP contribution in [0.2, 0.25) is 0 Å². The highest BCUT2D eigenvalue weighted by molar-refractivity contribution is 9.10. The first kappa shape index (κ1) is 14.3. The van der Waals surface area contributed by atoms with Gasteiger partial charge >= 0.3 is 0 Å². The van der Waals surface area contributed by atoms with Crippen molar-refractivity contribution in [3.05, 3.63) is 34.1 Å². The molecule has 0 saturated heterocycles. The second kappa shape index (κ2) is 5.88. The molecule has 19 heavy (non-hydrogen) atoms. The lowest BCUT2D eigenvalue weighted by Crippen LogP contribution is -2.40. The van der Waals surface area contributed by atoms with Gasteiger partial charge in [0.2, 0.25) is 0 Å². The van der Waals surface area contributed by atoms with Crippen LogP contribution in [0.5, 0.6) is 0 Å². The molecule has 0 bridgehead atoms. The molecule has 6 heteroatoms. The minimum atomic E-state index is -0.248. The van der Waals surface area contributed by atoms with E-state index in [9.17, 15) is 4.39 Å². The molecule has 1 heterocycles. The second-order valence-electron chi connectivity index (χ2n) is 4.88. The number of halogens is 2. The number of guanidine groups is 1. The fourth-order valence-electron chi connectivity index (χ4n) is 2.15. The Labute approximate surface area is 121 Å². The van der Waals surface area contributed by atoms with Crippen molar-refractivity contribution >= 4 is 21.9 Å². The summed E-state index contributed by atoms with van der Waals surface area (Å²) in [5.41, 5.74) is 6.96. The molecule has 104 valence electrons. The topological polar surface area (TPSA) is 44.9 Å². The summed E-state index contributed by atoms with van der Waals surface area (Å²) in [4.78, 5) is 8.47. The number of likely N-dealkylation sites (N-methyl/N-ethyl adjacent to an activating group) is 1. The van der Waals surface area contributed by atoms with E-state index in [2.05, 4.69) is 30.7 Å². The highest BCUT2D eigenvalue weighted by Crippen LogP contribution is 2.31. The number of benzene rings is 1. The van der Waals surface area contributed by atoms with Crippen molar-refractivity contribution in [2.45, 2.75) is 6.04 Å². The molecule has 0 radical (unpaired) electrons. The quantitative estimate of drug-likeness (QED) is 0.917. The monoisotopic (exact) mass is 328 g/mol. The van der Waals surface area contributed by atoms with Gasteiger partial charge in [0.25, 0.3) is 0 Å². The largest absolute Gasteiger partial charge is 0.370 e. The van der Waals surface area contributed by atoms with Crippen molar-refractivity contribution in [3.63, 3.8) is 0 Å². The Bertz CT molecular complexity index is 490. The van der Waals surface area contributed by atoms with E-state index in [0.29, 0.717) is 12.5 Å². The van der Waals surface area contributed by atoms with Gasteiger partial charge in [0, 0.05) is 17.6 Å². The molecular formula is C13H18BrFN4. The Morgan fingerprint density at radius 3 is 2.89 bits per heavy atom. The number of hydrogen-bond donors (Lipinski definition) is 1. The smallest absolute Gasteiger partial charge is 0.191 e. The first-order valence-corrected chi connectivity index (χ1v) is 6.94. The van der Waals surface area contributed by atoms with Crippen LogP contribution in [0.15, 0.2) is 27.7 Å². The lowest BCUT2D eigenvalue weighted by Gasteiger charge is -2.28. The number of hydrogen-bond acceptors (Lipinski definition) is 4. The van der Waals surface area contributed by atoms with E-state index < -0.39 is 0 Å². The average molecular weight is 329 g/mol. The van der Waals surface area contributed by atoms with Crippen molar-refractivity contribution in [1.29, 1.82) is 0 Å². The van der Waals surface area contributed by atoms with Gasteiger partial charge in [-0.15, -0.1) is 0 Å². The van der Waals surface area contributed by atoms with Crippen LogP contribution >= 0.6 is 15.9 Å². The molecule has 1 aromatic rings. The van der Waals surface area contributed by atoms with Crippen molar-refractivity contribution in [2.75, 3.05) is 33.7 Å². The molecule has 1 atom stereocenters. The van der Waals surface area contributed by atoms with Gasteiger partial charge < -0.3 is 15.5 Å². The maximum absolute atomic E-state index is 13.2. The Balaban J connectivity index is 2.19. The van der Waals surface area contributed by atoms with Crippen LogP contribution in [0.25, 0.3) is 0 Å². The minimum Gasteiger partial charge on any atom is -0.370 e. The van der Waals surface area contributed by atoms with Crippen LogP contribution in [0.1, 0.15) is 11.6 Å². The number of nitrogens with two attached hydrogens (primary N) is 1. The zero-order valence-electron chi connectivity index (χ0n) is 11.1. The van der Waals surface area contributed by atoms with Gasteiger partial charge in [-0.2, -0.15) is 0 Å². The van der Waals surface area contributed by atoms with E-state index in [1.165, 1.54) is 12.1 Å². The van der Waals surface area contributed by atoms with Crippen molar-refractivity contribution in [3.8, 4) is 0 Å². The predicted molar refractivity (Wildman–Crippen MR) is 78.6 cm³/mol. The van der Waals surface area contributed by atoms with E-state index >= 15 is 0 Å². The SMILES string of the molecule is CN(C)CCN1C(N)=NCC1c1ccc(F)cc1Br. The second-order valence-corrected chi connectivity index (χ2v) is 5.73. The summed E-state index contributed by atoms with van der Waals surface area (Å²) in [6.07, 6.45) is 0. The minimum absolute atomic E-state index is 0.0786. The number of nitrogens with zero attached hydrogens (tertiary/aromatic N) is 3. The maximum atomic E-state index is 13.2. The van der Waals surface area contributed by atoms with E-state index in [1.807, 2.05) is 14.1 Å². The first-order chi connectivity index (χ1) is 8.99. The fourth-order valence-corrected chi connectivity index (χ4v) is 2.76. The van der Waals surface area contributed by atoms with Crippen molar-refractivity contribution < 1.29 is 4.39 Å². The molecule has 0 fully saturated rings. The maximum Gasteiger partial charge on any atom is 0.191 e. The summed E-state index contributed by atoms with van der Waals surface area (Å²) in [6.45, 7) is 2.31. The van der Waals surface area contributed by atoms with Crippen LogP contribution in [0.4, 0.5) is 4.39 Å². The van der Waals surface area contributed by atoms with E-state index in [4.69, 9.17) is 5.73 Å². The normalized spacial score (nSPS) is 19.1. The molecular weight excluding hydrogens is 311 g/mol. The molecule has 1 aliphatic heterocycles.